The summed E-state index contributed by atoms with van der Waals surface area (Å²) in [6, 6.07) is 3.42. The van der Waals surface area contributed by atoms with Crippen molar-refractivity contribution in [3.05, 3.63) is 34.1 Å². The Morgan fingerprint density at radius 1 is 1.62 bits per heavy atom. The van der Waals surface area contributed by atoms with Crippen molar-refractivity contribution in [3.8, 4) is 0 Å². The number of benzene rings is 1. The van der Waals surface area contributed by atoms with Crippen molar-refractivity contribution in [3.63, 3.8) is 0 Å². The minimum atomic E-state index is -0.667. The Hall–Kier alpha value is -1.69. The van der Waals surface area contributed by atoms with Gasteiger partial charge in [0.15, 0.2) is 5.82 Å². The van der Waals surface area contributed by atoms with E-state index in [1.165, 1.54) is 12.1 Å². The van der Waals surface area contributed by atoms with Gasteiger partial charge in [-0.05, 0) is 12.0 Å². The number of anilines is 1. The molecule has 1 rings (SSSR count). The van der Waals surface area contributed by atoms with Crippen molar-refractivity contribution in [2.45, 2.75) is 6.92 Å². The van der Waals surface area contributed by atoms with Crippen LogP contribution in [0, 0.1) is 21.8 Å². The number of hydrogen-bond acceptors (Lipinski definition) is 4. The summed E-state index contributed by atoms with van der Waals surface area (Å²) in [6.45, 7) is 2.21. The summed E-state index contributed by atoms with van der Waals surface area (Å²) >= 11 is 0. The van der Waals surface area contributed by atoms with E-state index in [1.54, 1.807) is 6.92 Å². The number of nitrogens with zero attached hydrogens (tertiary/aromatic N) is 1. The van der Waals surface area contributed by atoms with Gasteiger partial charge in [-0.2, -0.15) is 0 Å². The Balaban J connectivity index is 2.72. The summed E-state index contributed by atoms with van der Waals surface area (Å²) in [6.07, 6.45) is 0. The molecule has 0 aliphatic heterocycles. The van der Waals surface area contributed by atoms with E-state index in [9.17, 15) is 14.5 Å². The minimum absolute atomic E-state index is 0.00159. The first-order valence-corrected chi connectivity index (χ1v) is 4.83. The molecule has 1 atom stereocenters. The highest BCUT2D eigenvalue weighted by atomic mass is 19.1. The van der Waals surface area contributed by atoms with E-state index in [2.05, 4.69) is 5.32 Å². The van der Waals surface area contributed by atoms with Crippen LogP contribution in [0.1, 0.15) is 6.92 Å². The summed E-state index contributed by atoms with van der Waals surface area (Å²) < 4.78 is 13.3. The second-order valence-corrected chi connectivity index (χ2v) is 3.59. The van der Waals surface area contributed by atoms with Crippen molar-refractivity contribution in [2.24, 2.45) is 5.92 Å². The lowest BCUT2D eigenvalue weighted by Gasteiger charge is -2.11. The molecule has 2 N–H and O–H groups in total. The molecule has 0 heterocycles. The van der Waals surface area contributed by atoms with Crippen molar-refractivity contribution >= 4 is 11.4 Å². The standard InChI is InChI=1S/C10H13FN2O3/c1-7(6-14)5-12-10-3-2-8(13(15)16)4-9(10)11/h2-4,7,12,14H,5-6H2,1H3. The van der Waals surface area contributed by atoms with Gasteiger partial charge in [0.05, 0.1) is 16.7 Å². The number of non-ortho nitro benzene ring substituents is 1. The Morgan fingerprint density at radius 3 is 2.81 bits per heavy atom. The minimum Gasteiger partial charge on any atom is -0.396 e. The van der Waals surface area contributed by atoms with Crippen molar-refractivity contribution in [1.82, 2.24) is 0 Å². The zero-order chi connectivity index (χ0) is 12.1. The molecule has 16 heavy (non-hydrogen) atoms. The van der Waals surface area contributed by atoms with E-state index in [0.29, 0.717) is 6.54 Å². The molecule has 1 unspecified atom stereocenters. The first-order valence-electron chi connectivity index (χ1n) is 4.83. The molecule has 0 aromatic heterocycles. The number of nitro groups is 1. The van der Waals surface area contributed by atoms with Crippen molar-refractivity contribution < 1.29 is 14.4 Å². The fourth-order valence-electron chi connectivity index (χ4n) is 1.11. The summed E-state index contributed by atoms with van der Waals surface area (Å²) in [7, 11) is 0. The zero-order valence-electron chi connectivity index (χ0n) is 8.81. The van der Waals surface area contributed by atoms with Crippen LogP contribution in [0.15, 0.2) is 18.2 Å². The molecule has 5 nitrogen and oxygen atoms in total. The molecule has 0 fully saturated rings. The van der Waals surface area contributed by atoms with E-state index in [-0.39, 0.29) is 23.9 Å². The molecular weight excluding hydrogens is 215 g/mol. The van der Waals surface area contributed by atoms with Gasteiger partial charge in [-0.25, -0.2) is 4.39 Å². The van der Waals surface area contributed by atoms with E-state index >= 15 is 0 Å². The lowest BCUT2D eigenvalue weighted by Crippen LogP contribution is -2.15. The van der Waals surface area contributed by atoms with Gasteiger partial charge >= 0.3 is 0 Å². The Morgan fingerprint density at radius 2 is 2.31 bits per heavy atom. The van der Waals surface area contributed by atoms with Gasteiger partial charge in [0.2, 0.25) is 0 Å². The third kappa shape index (κ3) is 3.16. The molecule has 1 aromatic carbocycles. The fraction of sp³-hybridized carbons (Fsp3) is 0.400. The zero-order valence-corrected chi connectivity index (χ0v) is 8.81. The maximum absolute atomic E-state index is 13.3. The topological polar surface area (TPSA) is 75.4 Å². The summed E-state index contributed by atoms with van der Waals surface area (Å²) in [5.41, 5.74) is -0.0795. The molecule has 0 amide bonds. The van der Waals surface area contributed by atoms with Gasteiger partial charge in [-0.15, -0.1) is 0 Å². The molecule has 1 aromatic rings. The average Bonchev–Trinajstić information content (AvgIpc) is 2.26. The number of aliphatic hydroxyl groups excluding tert-OH is 1. The normalized spacial score (nSPS) is 12.2. The van der Waals surface area contributed by atoms with Crippen LogP contribution < -0.4 is 5.32 Å². The second-order valence-electron chi connectivity index (χ2n) is 3.59. The van der Waals surface area contributed by atoms with Crippen LogP contribution in [0.4, 0.5) is 15.8 Å². The molecular formula is C10H13FN2O3. The molecule has 0 radical (unpaired) electrons. The predicted molar refractivity (Wildman–Crippen MR) is 57.8 cm³/mol. The molecule has 88 valence electrons. The van der Waals surface area contributed by atoms with Gasteiger partial charge in [-0.1, -0.05) is 6.92 Å². The maximum atomic E-state index is 13.3. The van der Waals surface area contributed by atoms with E-state index in [4.69, 9.17) is 5.11 Å². The average molecular weight is 228 g/mol. The molecule has 6 heteroatoms. The maximum Gasteiger partial charge on any atom is 0.272 e. The monoisotopic (exact) mass is 228 g/mol. The molecule has 0 aliphatic carbocycles. The van der Waals surface area contributed by atoms with Gasteiger partial charge in [-0.3, -0.25) is 10.1 Å². The number of aliphatic hydroxyl groups is 1. The van der Waals surface area contributed by atoms with E-state index in [1.807, 2.05) is 0 Å². The smallest absolute Gasteiger partial charge is 0.272 e. The number of halogens is 1. The molecule has 0 bridgehead atoms. The largest absolute Gasteiger partial charge is 0.396 e. The van der Waals surface area contributed by atoms with Crippen LogP contribution >= 0.6 is 0 Å². The number of hydrogen-bond donors (Lipinski definition) is 2. The van der Waals surface area contributed by atoms with E-state index < -0.39 is 10.7 Å². The van der Waals surface area contributed by atoms with Crippen molar-refractivity contribution in [1.29, 1.82) is 0 Å². The van der Waals surface area contributed by atoms with Gasteiger partial charge < -0.3 is 10.4 Å². The highest BCUT2D eigenvalue weighted by molar-refractivity contribution is 5.50. The number of nitrogens with one attached hydrogen (secondary N) is 1. The fourth-order valence-corrected chi connectivity index (χ4v) is 1.11. The quantitative estimate of drug-likeness (QED) is 0.595. The summed E-state index contributed by atoms with van der Waals surface area (Å²) in [5.74, 6) is -0.672. The van der Waals surface area contributed by atoms with Gasteiger partial charge in [0, 0.05) is 19.2 Å². The third-order valence-electron chi connectivity index (χ3n) is 2.12. The SMILES string of the molecule is CC(CO)CNc1ccc([N+](=O)[O-])cc1F. The third-order valence-corrected chi connectivity index (χ3v) is 2.12. The highest BCUT2D eigenvalue weighted by Crippen LogP contribution is 2.20. The Kier molecular flexibility index (Phi) is 4.19. The lowest BCUT2D eigenvalue weighted by molar-refractivity contribution is -0.385. The van der Waals surface area contributed by atoms with Crippen molar-refractivity contribution in [2.75, 3.05) is 18.5 Å². The highest BCUT2D eigenvalue weighted by Gasteiger charge is 2.10. The van der Waals surface area contributed by atoms with Crippen LogP contribution in [-0.2, 0) is 0 Å². The predicted octanol–water partition coefficient (Wildman–Crippen LogP) is 1.77. The number of nitro benzene ring substituents is 1. The van der Waals surface area contributed by atoms with E-state index in [0.717, 1.165) is 6.07 Å². The lowest BCUT2D eigenvalue weighted by atomic mass is 10.2. The first kappa shape index (κ1) is 12.4. The summed E-state index contributed by atoms with van der Waals surface area (Å²) in [4.78, 5) is 9.71. The van der Waals surface area contributed by atoms with Crippen LogP contribution in [0.5, 0.6) is 0 Å². The second kappa shape index (κ2) is 5.41. The first-order chi connectivity index (χ1) is 7.54. The number of rotatable bonds is 5. The van der Waals surface area contributed by atoms with Crippen LogP contribution in [0.3, 0.4) is 0 Å². The molecule has 0 saturated heterocycles. The molecule has 0 saturated carbocycles. The van der Waals surface area contributed by atoms with Crippen LogP contribution in [0.25, 0.3) is 0 Å². The van der Waals surface area contributed by atoms with Gasteiger partial charge in [0.1, 0.15) is 0 Å². The Labute approximate surface area is 92.1 Å². The van der Waals surface area contributed by atoms with Gasteiger partial charge in [0.25, 0.3) is 5.69 Å². The van der Waals surface area contributed by atoms with Crippen LogP contribution in [0.2, 0.25) is 0 Å². The summed E-state index contributed by atoms with van der Waals surface area (Å²) in [5, 5.41) is 21.9. The molecule has 0 aliphatic rings. The van der Waals surface area contributed by atoms with Crippen LogP contribution in [-0.4, -0.2) is 23.2 Å². The molecule has 0 spiro atoms. The Bertz CT molecular complexity index is 384.